The number of piperazine rings is 1. The third-order valence-electron chi connectivity index (χ3n) is 4.33. The summed E-state index contributed by atoms with van der Waals surface area (Å²) >= 11 is 0. The first kappa shape index (κ1) is 12.1. The standard InChI is InChI=1S/C14H19N3O2/c1-2-9-5-10(3-4-13(9)15)16-7-12-6-11(16)8-17(12)14(18)19/h3-5,11-12H,2,6-8,15H2,1H3,(H,18,19)/t11-,12-/m1/s1. The number of nitrogens with zero attached hydrogens (tertiary/aromatic N) is 2. The van der Waals surface area contributed by atoms with Crippen molar-refractivity contribution in [2.45, 2.75) is 31.8 Å². The van der Waals surface area contributed by atoms with Crippen LogP contribution in [0.5, 0.6) is 0 Å². The van der Waals surface area contributed by atoms with E-state index in [2.05, 4.69) is 17.9 Å². The maximum atomic E-state index is 11.1. The lowest BCUT2D eigenvalue weighted by molar-refractivity contribution is 0.137. The van der Waals surface area contributed by atoms with Crippen molar-refractivity contribution in [1.29, 1.82) is 0 Å². The van der Waals surface area contributed by atoms with Gasteiger partial charge in [-0.15, -0.1) is 0 Å². The molecule has 2 fully saturated rings. The second-order valence-electron chi connectivity index (χ2n) is 5.37. The Morgan fingerprint density at radius 1 is 1.42 bits per heavy atom. The zero-order valence-corrected chi connectivity index (χ0v) is 11.0. The quantitative estimate of drug-likeness (QED) is 0.796. The molecule has 19 heavy (non-hydrogen) atoms. The molecule has 2 aliphatic heterocycles. The van der Waals surface area contributed by atoms with Crippen molar-refractivity contribution in [2.75, 3.05) is 23.7 Å². The fourth-order valence-corrected chi connectivity index (χ4v) is 3.29. The van der Waals surface area contributed by atoms with E-state index in [9.17, 15) is 4.79 Å². The normalized spacial score (nSPS) is 25.1. The number of hydrogen-bond donors (Lipinski definition) is 2. The van der Waals surface area contributed by atoms with E-state index >= 15 is 0 Å². The average Bonchev–Trinajstić information content (AvgIpc) is 2.99. The van der Waals surface area contributed by atoms with E-state index in [0.29, 0.717) is 12.6 Å². The van der Waals surface area contributed by atoms with Gasteiger partial charge in [-0.05, 0) is 36.6 Å². The van der Waals surface area contributed by atoms with E-state index in [1.165, 1.54) is 5.69 Å². The van der Waals surface area contributed by atoms with Crippen LogP contribution in [-0.2, 0) is 6.42 Å². The number of carboxylic acid groups (broad SMARTS) is 1. The zero-order chi connectivity index (χ0) is 13.6. The summed E-state index contributed by atoms with van der Waals surface area (Å²) in [5, 5.41) is 9.10. The molecule has 1 aromatic rings. The van der Waals surface area contributed by atoms with Gasteiger partial charge in [0.15, 0.2) is 0 Å². The van der Waals surface area contributed by atoms with E-state index in [-0.39, 0.29) is 6.04 Å². The predicted molar refractivity (Wildman–Crippen MR) is 74.5 cm³/mol. The van der Waals surface area contributed by atoms with Crippen molar-refractivity contribution in [3.05, 3.63) is 23.8 Å². The third kappa shape index (κ3) is 1.89. The molecule has 2 aliphatic rings. The number of benzene rings is 1. The van der Waals surface area contributed by atoms with Gasteiger partial charge in [0.05, 0.1) is 6.04 Å². The highest BCUT2D eigenvalue weighted by Crippen LogP contribution is 2.35. The highest BCUT2D eigenvalue weighted by Gasteiger charge is 2.45. The molecule has 5 nitrogen and oxygen atoms in total. The van der Waals surface area contributed by atoms with Gasteiger partial charge >= 0.3 is 6.09 Å². The van der Waals surface area contributed by atoms with Crippen molar-refractivity contribution >= 4 is 17.5 Å². The van der Waals surface area contributed by atoms with Gasteiger partial charge in [0, 0.05) is 30.5 Å². The Labute approximate surface area is 112 Å². The molecule has 102 valence electrons. The van der Waals surface area contributed by atoms with Crippen molar-refractivity contribution in [2.24, 2.45) is 0 Å². The second kappa shape index (κ2) is 4.33. The Morgan fingerprint density at radius 2 is 2.21 bits per heavy atom. The minimum atomic E-state index is -0.793. The lowest BCUT2D eigenvalue weighted by Gasteiger charge is -2.34. The monoisotopic (exact) mass is 261 g/mol. The predicted octanol–water partition coefficient (Wildman–Crippen LogP) is 1.77. The van der Waals surface area contributed by atoms with Gasteiger partial charge in [0.2, 0.25) is 0 Å². The molecule has 1 amide bonds. The van der Waals surface area contributed by atoms with Gasteiger partial charge in [-0.2, -0.15) is 0 Å². The van der Waals surface area contributed by atoms with Gasteiger partial charge in [-0.1, -0.05) is 6.92 Å². The molecule has 2 atom stereocenters. The fraction of sp³-hybridized carbons (Fsp3) is 0.500. The van der Waals surface area contributed by atoms with Crippen LogP contribution in [-0.4, -0.2) is 41.3 Å². The number of nitrogens with two attached hydrogens (primary N) is 1. The molecule has 0 aliphatic carbocycles. The van der Waals surface area contributed by atoms with Crippen molar-refractivity contribution < 1.29 is 9.90 Å². The number of likely N-dealkylation sites (tertiary alicyclic amines) is 1. The first-order valence-corrected chi connectivity index (χ1v) is 6.74. The lowest BCUT2D eigenvalue weighted by atomic mass is 10.1. The molecule has 3 rings (SSSR count). The number of amides is 1. The number of carbonyl (C=O) groups is 1. The molecule has 2 bridgehead atoms. The largest absolute Gasteiger partial charge is 0.465 e. The van der Waals surface area contributed by atoms with Crippen LogP contribution in [0.15, 0.2) is 18.2 Å². The molecular formula is C14H19N3O2. The van der Waals surface area contributed by atoms with Crippen LogP contribution in [0.1, 0.15) is 18.9 Å². The van der Waals surface area contributed by atoms with Gasteiger partial charge in [0.1, 0.15) is 0 Å². The number of nitrogen functional groups attached to an aromatic ring is 1. The van der Waals surface area contributed by atoms with E-state index in [4.69, 9.17) is 10.8 Å². The summed E-state index contributed by atoms with van der Waals surface area (Å²) in [5.41, 5.74) is 9.10. The summed E-state index contributed by atoms with van der Waals surface area (Å²) in [6, 6.07) is 6.59. The lowest BCUT2D eigenvalue weighted by Crippen LogP contribution is -2.48. The maximum Gasteiger partial charge on any atom is 0.407 e. The van der Waals surface area contributed by atoms with Gasteiger partial charge in [-0.25, -0.2) is 4.79 Å². The van der Waals surface area contributed by atoms with Gasteiger partial charge in [-0.3, -0.25) is 0 Å². The van der Waals surface area contributed by atoms with Crippen LogP contribution in [0.2, 0.25) is 0 Å². The highest BCUT2D eigenvalue weighted by molar-refractivity contribution is 5.68. The van der Waals surface area contributed by atoms with Gasteiger partial charge < -0.3 is 20.6 Å². The Balaban J connectivity index is 1.81. The minimum Gasteiger partial charge on any atom is -0.465 e. The first-order chi connectivity index (χ1) is 9.10. The first-order valence-electron chi connectivity index (χ1n) is 6.74. The van der Waals surface area contributed by atoms with E-state index < -0.39 is 6.09 Å². The Hall–Kier alpha value is -1.91. The average molecular weight is 261 g/mol. The van der Waals surface area contributed by atoms with Crippen LogP contribution >= 0.6 is 0 Å². The fourth-order valence-electron chi connectivity index (χ4n) is 3.29. The molecule has 0 unspecified atom stereocenters. The van der Waals surface area contributed by atoms with Crippen LogP contribution in [0.4, 0.5) is 16.2 Å². The number of rotatable bonds is 2. The second-order valence-corrected chi connectivity index (χ2v) is 5.37. The maximum absolute atomic E-state index is 11.1. The summed E-state index contributed by atoms with van der Waals surface area (Å²) < 4.78 is 0. The Morgan fingerprint density at radius 3 is 2.79 bits per heavy atom. The van der Waals surface area contributed by atoms with E-state index in [0.717, 1.165) is 30.6 Å². The van der Waals surface area contributed by atoms with Crippen molar-refractivity contribution in [1.82, 2.24) is 4.90 Å². The molecule has 0 radical (unpaired) electrons. The summed E-state index contributed by atoms with van der Waals surface area (Å²) in [4.78, 5) is 15.0. The van der Waals surface area contributed by atoms with E-state index in [1.54, 1.807) is 4.90 Å². The molecule has 3 N–H and O–H groups in total. The topological polar surface area (TPSA) is 69.8 Å². The number of hydrogen-bond acceptors (Lipinski definition) is 3. The molecule has 0 aromatic heterocycles. The Kier molecular flexibility index (Phi) is 2.77. The molecule has 1 aromatic carbocycles. The number of fused-ring (bicyclic) bond motifs is 2. The van der Waals surface area contributed by atoms with Crippen molar-refractivity contribution in [3.63, 3.8) is 0 Å². The van der Waals surface area contributed by atoms with Crippen LogP contribution < -0.4 is 10.6 Å². The SMILES string of the molecule is CCc1cc(N2C[C@H]3C[C@@H]2CN3C(=O)O)ccc1N. The van der Waals surface area contributed by atoms with E-state index in [1.807, 2.05) is 12.1 Å². The van der Waals surface area contributed by atoms with Gasteiger partial charge in [0.25, 0.3) is 0 Å². The smallest absolute Gasteiger partial charge is 0.407 e. The summed E-state index contributed by atoms with van der Waals surface area (Å²) in [6.45, 7) is 3.51. The molecular weight excluding hydrogens is 242 g/mol. The molecule has 0 spiro atoms. The van der Waals surface area contributed by atoms with Crippen molar-refractivity contribution in [3.8, 4) is 0 Å². The highest BCUT2D eigenvalue weighted by atomic mass is 16.4. The molecule has 2 saturated heterocycles. The molecule has 2 heterocycles. The third-order valence-corrected chi connectivity index (χ3v) is 4.33. The molecule has 0 saturated carbocycles. The number of anilines is 2. The Bertz CT molecular complexity index is 517. The summed E-state index contributed by atoms with van der Waals surface area (Å²) in [7, 11) is 0. The minimum absolute atomic E-state index is 0.144. The van der Waals surface area contributed by atoms with Crippen LogP contribution in [0.3, 0.4) is 0 Å². The summed E-state index contributed by atoms with van der Waals surface area (Å²) in [6.07, 6.45) is 1.07. The number of aryl methyl sites for hydroxylation is 1. The summed E-state index contributed by atoms with van der Waals surface area (Å²) in [5.74, 6) is 0. The van der Waals surface area contributed by atoms with Crippen LogP contribution in [0, 0.1) is 0 Å². The zero-order valence-electron chi connectivity index (χ0n) is 11.0. The van der Waals surface area contributed by atoms with Crippen LogP contribution in [0.25, 0.3) is 0 Å². The molecule has 5 heteroatoms.